The van der Waals surface area contributed by atoms with Crippen LogP contribution in [0.5, 0.6) is 5.75 Å². The SMILES string of the molecule is C=CC(=O)NCc1nn(-c2ccc(OC(F)(F)F)cc2)c2nccc(C(O)COP(=O)(O)O)c12. The summed E-state index contributed by atoms with van der Waals surface area (Å²) in [7, 11) is -4.86. The number of aliphatic hydroxyl groups excluding tert-OH is 1. The van der Waals surface area contributed by atoms with Gasteiger partial charge in [0.1, 0.15) is 11.9 Å². The Morgan fingerprint density at radius 2 is 1.94 bits per heavy atom. The second-order valence-corrected chi connectivity index (χ2v) is 7.96. The van der Waals surface area contributed by atoms with Crippen LogP contribution in [0.4, 0.5) is 13.2 Å². The molecule has 0 bridgehead atoms. The van der Waals surface area contributed by atoms with Gasteiger partial charge in [0.25, 0.3) is 0 Å². The Morgan fingerprint density at radius 3 is 2.53 bits per heavy atom. The summed E-state index contributed by atoms with van der Waals surface area (Å²) in [6, 6.07) is 6.11. The molecule has 4 N–H and O–H groups in total. The van der Waals surface area contributed by atoms with Crippen LogP contribution in [0.15, 0.2) is 49.2 Å². The van der Waals surface area contributed by atoms with Gasteiger partial charge in [0.2, 0.25) is 5.91 Å². The van der Waals surface area contributed by atoms with Gasteiger partial charge in [0.05, 0.1) is 29.9 Å². The van der Waals surface area contributed by atoms with Crippen molar-refractivity contribution in [2.45, 2.75) is 19.0 Å². The van der Waals surface area contributed by atoms with E-state index < -0.39 is 38.6 Å². The molecule has 182 valence electrons. The number of alkyl halides is 3. The van der Waals surface area contributed by atoms with Crippen molar-refractivity contribution in [1.29, 1.82) is 0 Å². The van der Waals surface area contributed by atoms with Crippen LogP contribution in [0.3, 0.4) is 0 Å². The van der Waals surface area contributed by atoms with Crippen molar-refractivity contribution in [2.24, 2.45) is 0 Å². The van der Waals surface area contributed by atoms with Crippen LogP contribution in [0.2, 0.25) is 0 Å². The van der Waals surface area contributed by atoms with Crippen LogP contribution in [-0.2, 0) is 20.4 Å². The lowest BCUT2D eigenvalue weighted by atomic mass is 10.1. The number of halogens is 3. The number of amides is 1. The van der Waals surface area contributed by atoms with Crippen molar-refractivity contribution in [1.82, 2.24) is 20.1 Å². The molecule has 34 heavy (non-hydrogen) atoms. The number of phosphoric acid groups is 1. The molecule has 0 aliphatic rings. The number of carbonyl (C=O) groups is 1. The zero-order valence-electron chi connectivity index (χ0n) is 17.1. The molecule has 3 rings (SSSR count). The van der Waals surface area contributed by atoms with Gasteiger partial charge in [-0.1, -0.05) is 6.58 Å². The third-order valence-electron chi connectivity index (χ3n) is 4.36. The summed E-state index contributed by atoms with van der Waals surface area (Å²) in [4.78, 5) is 33.7. The van der Waals surface area contributed by atoms with Gasteiger partial charge in [-0.15, -0.1) is 13.2 Å². The maximum absolute atomic E-state index is 12.4. The monoisotopic (exact) mass is 502 g/mol. The molecular weight excluding hydrogens is 484 g/mol. The van der Waals surface area contributed by atoms with Gasteiger partial charge in [-0.25, -0.2) is 14.2 Å². The second kappa shape index (κ2) is 9.91. The number of aromatic nitrogens is 3. The molecule has 11 nitrogen and oxygen atoms in total. The highest BCUT2D eigenvalue weighted by Gasteiger charge is 2.31. The van der Waals surface area contributed by atoms with E-state index in [1.807, 2.05) is 0 Å². The van der Waals surface area contributed by atoms with Crippen LogP contribution in [0, 0.1) is 0 Å². The fourth-order valence-corrected chi connectivity index (χ4v) is 3.35. The van der Waals surface area contributed by atoms with Crippen LogP contribution >= 0.6 is 7.82 Å². The van der Waals surface area contributed by atoms with E-state index in [1.165, 1.54) is 29.1 Å². The molecule has 15 heteroatoms. The van der Waals surface area contributed by atoms with E-state index in [9.17, 15) is 27.6 Å². The van der Waals surface area contributed by atoms with E-state index in [4.69, 9.17) is 9.79 Å². The summed E-state index contributed by atoms with van der Waals surface area (Å²) in [6.45, 7) is 2.44. The van der Waals surface area contributed by atoms with Crippen molar-refractivity contribution in [3.63, 3.8) is 0 Å². The van der Waals surface area contributed by atoms with Gasteiger partial charge < -0.3 is 24.9 Å². The Balaban J connectivity index is 2.06. The fourth-order valence-electron chi connectivity index (χ4n) is 3.01. The highest BCUT2D eigenvalue weighted by molar-refractivity contribution is 7.46. The Morgan fingerprint density at radius 1 is 1.26 bits per heavy atom. The van der Waals surface area contributed by atoms with Crippen LogP contribution in [-0.4, -0.2) is 48.5 Å². The first-order chi connectivity index (χ1) is 15.9. The molecule has 0 spiro atoms. The van der Waals surface area contributed by atoms with Crippen molar-refractivity contribution in [3.8, 4) is 11.4 Å². The fraction of sp³-hybridized carbons (Fsp3) is 0.211. The smallest absolute Gasteiger partial charge is 0.406 e. The molecule has 2 aromatic heterocycles. The maximum atomic E-state index is 12.4. The normalized spacial score (nSPS) is 13.0. The molecule has 3 aromatic rings. The van der Waals surface area contributed by atoms with Gasteiger partial charge in [-0.3, -0.25) is 9.32 Å². The standard InChI is InChI=1S/C19H18F3N4O7P/c1-2-16(28)24-9-14-17-13(15(27)10-32-34(29,30)31)7-8-23-18(17)26(25-14)11-3-5-12(6-4-11)33-19(20,21)22/h2-8,15,27H,1,9-10H2,(H,24,28)(H2,29,30,31). The number of carbonyl (C=O) groups excluding carboxylic acids is 1. The quantitative estimate of drug-likeness (QED) is 0.255. The predicted molar refractivity (Wildman–Crippen MR) is 111 cm³/mol. The minimum atomic E-state index is -4.86. The number of pyridine rings is 1. The van der Waals surface area contributed by atoms with E-state index in [-0.39, 0.29) is 34.5 Å². The first-order valence-corrected chi connectivity index (χ1v) is 10.9. The number of aliphatic hydroxyl groups is 1. The molecule has 1 unspecified atom stereocenters. The first-order valence-electron chi connectivity index (χ1n) is 9.39. The third kappa shape index (κ3) is 6.40. The second-order valence-electron chi connectivity index (χ2n) is 6.72. The Hall–Kier alpha value is -3.29. The van der Waals surface area contributed by atoms with Crippen molar-refractivity contribution in [3.05, 3.63) is 60.4 Å². The lowest BCUT2D eigenvalue weighted by Crippen LogP contribution is -2.20. The molecule has 0 saturated carbocycles. The third-order valence-corrected chi connectivity index (χ3v) is 4.85. The predicted octanol–water partition coefficient (Wildman–Crippen LogP) is 2.26. The number of nitrogens with one attached hydrogen (secondary N) is 1. The largest absolute Gasteiger partial charge is 0.573 e. The lowest BCUT2D eigenvalue weighted by molar-refractivity contribution is -0.274. The van der Waals surface area contributed by atoms with Crippen molar-refractivity contribution < 1.29 is 46.7 Å². The Kier molecular flexibility index (Phi) is 7.38. The molecule has 1 aromatic carbocycles. The van der Waals surface area contributed by atoms with Crippen molar-refractivity contribution >= 4 is 24.8 Å². The Bertz CT molecular complexity index is 1240. The summed E-state index contributed by atoms with van der Waals surface area (Å²) < 4.78 is 57.8. The molecule has 1 atom stereocenters. The van der Waals surface area contributed by atoms with Gasteiger partial charge in [-0.2, -0.15) is 5.10 Å². The number of hydrogen-bond donors (Lipinski definition) is 4. The van der Waals surface area contributed by atoms with Gasteiger partial charge in [0.15, 0.2) is 5.65 Å². The van der Waals surface area contributed by atoms with Crippen LogP contribution < -0.4 is 10.1 Å². The average Bonchev–Trinajstić information content (AvgIpc) is 3.13. The molecule has 0 fully saturated rings. The number of fused-ring (bicyclic) bond motifs is 1. The topological polar surface area (TPSA) is 156 Å². The minimum Gasteiger partial charge on any atom is -0.406 e. The summed E-state index contributed by atoms with van der Waals surface area (Å²) in [6.07, 6.45) is -4.05. The summed E-state index contributed by atoms with van der Waals surface area (Å²) in [5, 5.41) is 17.6. The van der Waals surface area contributed by atoms with E-state index in [1.54, 1.807) is 0 Å². The number of rotatable bonds is 9. The zero-order valence-corrected chi connectivity index (χ0v) is 18.0. The molecule has 0 aliphatic carbocycles. The number of hydrogen-bond acceptors (Lipinski definition) is 7. The van der Waals surface area contributed by atoms with Gasteiger partial charge >= 0.3 is 14.2 Å². The molecule has 0 radical (unpaired) electrons. The van der Waals surface area contributed by atoms with Gasteiger partial charge in [0, 0.05) is 6.20 Å². The van der Waals surface area contributed by atoms with E-state index in [2.05, 4.69) is 31.2 Å². The number of benzene rings is 1. The van der Waals surface area contributed by atoms with Crippen LogP contribution in [0.1, 0.15) is 17.4 Å². The number of phosphoric ester groups is 1. The van der Waals surface area contributed by atoms with E-state index in [0.29, 0.717) is 0 Å². The van der Waals surface area contributed by atoms with E-state index >= 15 is 0 Å². The number of ether oxygens (including phenoxy) is 1. The van der Waals surface area contributed by atoms with E-state index in [0.717, 1.165) is 18.2 Å². The minimum absolute atomic E-state index is 0.143. The van der Waals surface area contributed by atoms with Gasteiger partial charge in [-0.05, 0) is 42.0 Å². The number of nitrogens with zero attached hydrogens (tertiary/aromatic N) is 3. The van der Waals surface area contributed by atoms with Crippen LogP contribution in [0.25, 0.3) is 16.7 Å². The Labute approximate surface area is 189 Å². The molecule has 0 saturated heterocycles. The zero-order chi connectivity index (χ0) is 25.1. The first kappa shape index (κ1) is 25.3. The van der Waals surface area contributed by atoms with Crippen molar-refractivity contribution in [2.75, 3.05) is 6.61 Å². The molecule has 1 amide bonds. The molecule has 2 heterocycles. The highest BCUT2D eigenvalue weighted by atomic mass is 31.2. The molecular formula is C19H18F3N4O7P. The summed E-state index contributed by atoms with van der Waals surface area (Å²) in [5.74, 6) is -0.975. The highest BCUT2D eigenvalue weighted by Crippen LogP contribution is 2.38. The molecule has 0 aliphatic heterocycles. The lowest BCUT2D eigenvalue weighted by Gasteiger charge is -2.14. The summed E-state index contributed by atoms with van der Waals surface area (Å²) >= 11 is 0. The maximum Gasteiger partial charge on any atom is 0.573 e. The average molecular weight is 502 g/mol. The summed E-state index contributed by atoms with van der Waals surface area (Å²) in [5.41, 5.74) is 0.787.